The summed E-state index contributed by atoms with van der Waals surface area (Å²) in [5.74, 6) is 0.264. The highest BCUT2D eigenvalue weighted by Crippen LogP contribution is 2.26. The summed E-state index contributed by atoms with van der Waals surface area (Å²) in [6.07, 6.45) is 0.718. The van der Waals surface area contributed by atoms with E-state index in [1.807, 2.05) is 24.3 Å². The van der Waals surface area contributed by atoms with E-state index >= 15 is 0 Å². The van der Waals surface area contributed by atoms with Gasteiger partial charge < -0.3 is 5.32 Å². The first kappa shape index (κ1) is 13.4. The zero-order valence-corrected chi connectivity index (χ0v) is 11.7. The van der Waals surface area contributed by atoms with Crippen LogP contribution in [0.1, 0.15) is 31.9 Å². The number of nitrogens with one attached hydrogen (secondary N) is 1. The normalized spacial score (nSPS) is 20.0. The molecule has 1 aromatic carbocycles. The maximum absolute atomic E-state index is 11.9. The zero-order chi connectivity index (χ0) is 13.2. The number of hydrogen-bond donors (Lipinski definition) is 1. The Balaban J connectivity index is 2.27. The highest BCUT2D eigenvalue weighted by atomic mass is 32.2. The molecule has 1 fully saturated rings. The molecule has 1 N–H and O–H groups in total. The van der Waals surface area contributed by atoms with Crippen molar-refractivity contribution >= 4 is 15.7 Å². The molecule has 0 bridgehead atoms. The van der Waals surface area contributed by atoms with Gasteiger partial charge in [-0.2, -0.15) is 0 Å². The van der Waals surface area contributed by atoms with E-state index in [4.69, 9.17) is 0 Å². The molecule has 4 nitrogen and oxygen atoms in total. The molecule has 18 heavy (non-hydrogen) atoms. The molecule has 1 heterocycles. The van der Waals surface area contributed by atoms with Gasteiger partial charge in [0, 0.05) is 12.6 Å². The standard InChI is InChI=1S/C13H20N2O2S/c1-3-14-11(2)12-6-4-7-13(10-12)15-8-5-9-18(15,16)17/h4,6-7,10-11,14H,3,5,8-9H2,1-2H3. The van der Waals surface area contributed by atoms with Crippen molar-refractivity contribution in [3.63, 3.8) is 0 Å². The summed E-state index contributed by atoms with van der Waals surface area (Å²) in [6.45, 7) is 5.64. The van der Waals surface area contributed by atoms with Crippen molar-refractivity contribution < 1.29 is 8.42 Å². The van der Waals surface area contributed by atoms with Gasteiger partial charge in [-0.15, -0.1) is 0 Å². The molecule has 0 aromatic heterocycles. The molecule has 0 aliphatic carbocycles. The van der Waals surface area contributed by atoms with Crippen LogP contribution in [0.4, 0.5) is 5.69 Å². The maximum Gasteiger partial charge on any atom is 0.235 e. The minimum atomic E-state index is -3.08. The van der Waals surface area contributed by atoms with Gasteiger partial charge in [-0.25, -0.2) is 8.42 Å². The van der Waals surface area contributed by atoms with Gasteiger partial charge >= 0.3 is 0 Å². The highest BCUT2D eigenvalue weighted by molar-refractivity contribution is 7.93. The van der Waals surface area contributed by atoms with Crippen molar-refractivity contribution in [3.05, 3.63) is 29.8 Å². The van der Waals surface area contributed by atoms with Crippen LogP contribution >= 0.6 is 0 Å². The Labute approximate surface area is 109 Å². The quantitative estimate of drug-likeness (QED) is 0.907. The van der Waals surface area contributed by atoms with E-state index in [9.17, 15) is 8.42 Å². The predicted octanol–water partition coefficient (Wildman–Crippen LogP) is 1.90. The summed E-state index contributed by atoms with van der Waals surface area (Å²) >= 11 is 0. The van der Waals surface area contributed by atoms with Crippen LogP contribution in [0.15, 0.2) is 24.3 Å². The average molecular weight is 268 g/mol. The van der Waals surface area contributed by atoms with Gasteiger partial charge in [0.1, 0.15) is 0 Å². The lowest BCUT2D eigenvalue weighted by Crippen LogP contribution is -2.25. The lowest BCUT2D eigenvalue weighted by molar-refractivity contribution is 0.596. The minimum absolute atomic E-state index is 0.236. The molecule has 0 amide bonds. The summed E-state index contributed by atoms with van der Waals surface area (Å²) in [4.78, 5) is 0. The van der Waals surface area contributed by atoms with Crippen LogP contribution in [0.2, 0.25) is 0 Å². The fourth-order valence-corrected chi connectivity index (χ4v) is 3.86. The van der Waals surface area contributed by atoms with E-state index in [0.29, 0.717) is 6.54 Å². The number of sulfonamides is 1. The molecule has 1 aromatic rings. The molecule has 1 aliphatic rings. The van der Waals surface area contributed by atoms with Gasteiger partial charge in [0.05, 0.1) is 11.4 Å². The van der Waals surface area contributed by atoms with Crippen molar-refractivity contribution in [3.8, 4) is 0 Å². The van der Waals surface area contributed by atoms with Gasteiger partial charge in [0.15, 0.2) is 0 Å². The van der Waals surface area contributed by atoms with Crippen molar-refractivity contribution in [2.75, 3.05) is 23.1 Å². The van der Waals surface area contributed by atoms with Crippen LogP contribution in [0.25, 0.3) is 0 Å². The van der Waals surface area contributed by atoms with Crippen molar-refractivity contribution in [2.24, 2.45) is 0 Å². The molecular formula is C13H20N2O2S. The Morgan fingerprint density at radius 3 is 2.83 bits per heavy atom. The fraction of sp³-hybridized carbons (Fsp3) is 0.538. The van der Waals surface area contributed by atoms with Gasteiger partial charge in [-0.1, -0.05) is 19.1 Å². The summed E-state index contributed by atoms with van der Waals surface area (Å²) < 4.78 is 25.3. The number of benzene rings is 1. The summed E-state index contributed by atoms with van der Waals surface area (Å²) in [7, 11) is -3.08. The Kier molecular flexibility index (Phi) is 3.92. The third-order valence-corrected chi connectivity index (χ3v) is 5.14. The van der Waals surface area contributed by atoms with Crippen molar-refractivity contribution in [1.29, 1.82) is 0 Å². The van der Waals surface area contributed by atoms with Crippen LogP contribution < -0.4 is 9.62 Å². The Morgan fingerprint density at radius 2 is 2.22 bits per heavy atom. The second kappa shape index (κ2) is 5.28. The lowest BCUT2D eigenvalue weighted by atomic mass is 10.1. The molecule has 100 valence electrons. The largest absolute Gasteiger partial charge is 0.310 e. The second-order valence-electron chi connectivity index (χ2n) is 4.62. The molecule has 0 spiro atoms. The van der Waals surface area contributed by atoms with E-state index in [0.717, 1.165) is 24.2 Å². The lowest BCUT2D eigenvalue weighted by Gasteiger charge is -2.19. The van der Waals surface area contributed by atoms with Gasteiger partial charge in [-0.3, -0.25) is 4.31 Å². The number of hydrogen-bond acceptors (Lipinski definition) is 3. The molecule has 0 radical (unpaired) electrons. The Bertz CT molecular complexity index is 513. The first-order valence-corrected chi connectivity index (χ1v) is 7.99. The first-order chi connectivity index (χ1) is 8.54. The molecule has 1 atom stereocenters. The SMILES string of the molecule is CCNC(C)c1cccc(N2CCCS2(=O)=O)c1. The summed E-state index contributed by atoms with van der Waals surface area (Å²) in [5, 5.41) is 3.33. The molecule has 1 saturated heterocycles. The topological polar surface area (TPSA) is 49.4 Å². The van der Waals surface area contributed by atoms with Crippen molar-refractivity contribution in [2.45, 2.75) is 26.3 Å². The van der Waals surface area contributed by atoms with E-state index in [-0.39, 0.29) is 11.8 Å². The van der Waals surface area contributed by atoms with Crippen molar-refractivity contribution in [1.82, 2.24) is 5.32 Å². The predicted molar refractivity (Wildman–Crippen MR) is 74.3 cm³/mol. The van der Waals surface area contributed by atoms with E-state index in [2.05, 4.69) is 19.2 Å². The molecule has 1 aliphatic heterocycles. The number of nitrogens with zero attached hydrogens (tertiary/aromatic N) is 1. The van der Waals surface area contributed by atoms with Gasteiger partial charge in [0.25, 0.3) is 0 Å². The first-order valence-electron chi connectivity index (χ1n) is 6.38. The van der Waals surface area contributed by atoms with Crippen LogP contribution in [-0.4, -0.2) is 27.3 Å². The zero-order valence-electron chi connectivity index (χ0n) is 10.9. The second-order valence-corrected chi connectivity index (χ2v) is 6.63. The summed E-state index contributed by atoms with van der Waals surface area (Å²) in [5.41, 5.74) is 1.91. The van der Waals surface area contributed by atoms with Crippen LogP contribution in [0, 0.1) is 0 Å². The van der Waals surface area contributed by atoms with E-state index in [1.54, 1.807) is 0 Å². The third-order valence-electron chi connectivity index (χ3n) is 3.27. The number of rotatable bonds is 4. The van der Waals surface area contributed by atoms with Crippen LogP contribution in [-0.2, 0) is 10.0 Å². The monoisotopic (exact) mass is 268 g/mol. The minimum Gasteiger partial charge on any atom is -0.310 e. The van der Waals surface area contributed by atoms with Gasteiger partial charge in [0.2, 0.25) is 10.0 Å². The Morgan fingerprint density at radius 1 is 1.44 bits per heavy atom. The molecule has 5 heteroatoms. The maximum atomic E-state index is 11.9. The van der Waals surface area contributed by atoms with Crippen LogP contribution in [0.3, 0.4) is 0 Å². The van der Waals surface area contributed by atoms with E-state index < -0.39 is 10.0 Å². The Hall–Kier alpha value is -1.07. The van der Waals surface area contributed by atoms with Crippen LogP contribution in [0.5, 0.6) is 0 Å². The molecule has 1 unspecified atom stereocenters. The van der Waals surface area contributed by atoms with Gasteiger partial charge in [-0.05, 0) is 37.6 Å². The fourth-order valence-electron chi connectivity index (χ4n) is 2.30. The molecule has 0 saturated carbocycles. The third kappa shape index (κ3) is 2.67. The highest BCUT2D eigenvalue weighted by Gasteiger charge is 2.28. The summed E-state index contributed by atoms with van der Waals surface area (Å²) in [6, 6.07) is 8.02. The molecule has 2 rings (SSSR count). The average Bonchev–Trinajstić information content (AvgIpc) is 2.69. The smallest absolute Gasteiger partial charge is 0.235 e. The van der Waals surface area contributed by atoms with E-state index in [1.165, 1.54) is 4.31 Å². The number of anilines is 1. The molecular weight excluding hydrogens is 248 g/mol.